The zero-order valence-electron chi connectivity index (χ0n) is 10.3. The smallest absolute Gasteiger partial charge is 0.323 e. The molecule has 0 spiro atoms. The van der Waals surface area contributed by atoms with E-state index in [4.69, 9.17) is 16.7 Å². The molecule has 1 aliphatic carbocycles. The van der Waals surface area contributed by atoms with E-state index in [0.717, 1.165) is 18.4 Å². The number of aliphatic carboxylic acids is 1. The van der Waals surface area contributed by atoms with E-state index in [2.05, 4.69) is 0 Å². The maximum absolute atomic E-state index is 12.0. The second-order valence-corrected chi connectivity index (χ2v) is 4.91. The highest BCUT2D eigenvalue weighted by Crippen LogP contribution is 2.26. The number of nitrogens with zero attached hydrogens (tertiary/aromatic N) is 1. The highest BCUT2D eigenvalue weighted by atomic mass is 35.5. The number of amides is 1. The van der Waals surface area contributed by atoms with Gasteiger partial charge in [-0.25, -0.2) is 0 Å². The number of carboxylic acid groups (broad SMARTS) is 1. The van der Waals surface area contributed by atoms with Crippen LogP contribution in [0.25, 0.3) is 6.08 Å². The second kappa shape index (κ2) is 5.89. The van der Waals surface area contributed by atoms with Gasteiger partial charge in [-0.3, -0.25) is 9.59 Å². The monoisotopic (exact) mass is 279 g/mol. The number of carbonyl (C=O) groups is 2. The Morgan fingerprint density at radius 1 is 1.32 bits per heavy atom. The summed E-state index contributed by atoms with van der Waals surface area (Å²) in [7, 11) is 0. The van der Waals surface area contributed by atoms with Crippen LogP contribution in [0.2, 0.25) is 5.02 Å². The lowest BCUT2D eigenvalue weighted by atomic mass is 10.2. The first-order valence-electron chi connectivity index (χ1n) is 6.02. The first-order chi connectivity index (χ1) is 9.06. The highest BCUT2D eigenvalue weighted by Gasteiger charge is 2.32. The van der Waals surface area contributed by atoms with E-state index in [1.165, 1.54) is 11.0 Å². The van der Waals surface area contributed by atoms with Gasteiger partial charge in [0.25, 0.3) is 0 Å². The number of hydrogen-bond acceptors (Lipinski definition) is 2. The van der Waals surface area contributed by atoms with Crippen molar-refractivity contribution >= 4 is 29.6 Å². The molecule has 0 saturated heterocycles. The number of benzene rings is 1. The summed E-state index contributed by atoms with van der Waals surface area (Å²) in [6.45, 7) is -0.242. The van der Waals surface area contributed by atoms with Gasteiger partial charge in [0.05, 0.1) is 0 Å². The first kappa shape index (κ1) is 13.6. The van der Waals surface area contributed by atoms with Crippen LogP contribution in [0.3, 0.4) is 0 Å². The minimum atomic E-state index is -0.986. The van der Waals surface area contributed by atoms with Crippen LogP contribution in [-0.4, -0.2) is 34.5 Å². The quantitative estimate of drug-likeness (QED) is 0.842. The number of rotatable bonds is 5. The van der Waals surface area contributed by atoms with Gasteiger partial charge in [-0.15, -0.1) is 0 Å². The van der Waals surface area contributed by atoms with Crippen LogP contribution >= 0.6 is 11.6 Å². The maximum Gasteiger partial charge on any atom is 0.323 e. The molecule has 0 atom stereocenters. The summed E-state index contributed by atoms with van der Waals surface area (Å²) in [5.74, 6) is -1.25. The molecule has 0 radical (unpaired) electrons. The summed E-state index contributed by atoms with van der Waals surface area (Å²) in [4.78, 5) is 24.1. The van der Waals surface area contributed by atoms with Gasteiger partial charge in [-0.2, -0.15) is 0 Å². The fraction of sp³-hybridized carbons (Fsp3) is 0.286. The molecule has 0 unspecified atom stereocenters. The summed E-state index contributed by atoms with van der Waals surface area (Å²) >= 11 is 5.77. The second-order valence-electron chi connectivity index (χ2n) is 4.48. The molecule has 19 heavy (non-hydrogen) atoms. The Kier molecular flexibility index (Phi) is 4.22. The molecule has 1 aromatic carbocycles. The Balaban J connectivity index is 2.01. The van der Waals surface area contributed by atoms with Crippen molar-refractivity contribution in [2.24, 2.45) is 0 Å². The maximum atomic E-state index is 12.0. The summed E-state index contributed by atoms with van der Waals surface area (Å²) in [6, 6.07) is 7.15. The Hall–Kier alpha value is -1.81. The topological polar surface area (TPSA) is 57.6 Å². The van der Waals surface area contributed by atoms with Gasteiger partial charge in [0, 0.05) is 17.1 Å². The van der Waals surface area contributed by atoms with Crippen LogP contribution in [0.15, 0.2) is 30.3 Å². The summed E-state index contributed by atoms with van der Waals surface area (Å²) < 4.78 is 0. The molecule has 5 heteroatoms. The first-order valence-corrected chi connectivity index (χ1v) is 6.40. The molecule has 1 aromatic rings. The Morgan fingerprint density at radius 2 is 1.95 bits per heavy atom. The van der Waals surface area contributed by atoms with Crippen LogP contribution in [0.4, 0.5) is 0 Å². The van der Waals surface area contributed by atoms with E-state index in [0.29, 0.717) is 5.02 Å². The highest BCUT2D eigenvalue weighted by molar-refractivity contribution is 6.30. The van der Waals surface area contributed by atoms with Crippen LogP contribution in [-0.2, 0) is 9.59 Å². The van der Waals surface area contributed by atoms with Crippen molar-refractivity contribution in [2.45, 2.75) is 18.9 Å². The van der Waals surface area contributed by atoms with Gasteiger partial charge in [-0.05, 0) is 36.6 Å². The SMILES string of the molecule is O=C(O)CN(C(=O)C=Cc1ccc(Cl)cc1)C1CC1. The van der Waals surface area contributed by atoms with Gasteiger partial charge < -0.3 is 10.0 Å². The van der Waals surface area contributed by atoms with E-state index < -0.39 is 5.97 Å². The molecule has 0 aromatic heterocycles. The molecule has 0 aliphatic heterocycles. The third-order valence-corrected chi connectivity index (χ3v) is 3.12. The fourth-order valence-electron chi connectivity index (χ4n) is 1.76. The van der Waals surface area contributed by atoms with Crippen molar-refractivity contribution in [3.05, 3.63) is 40.9 Å². The minimum absolute atomic E-state index is 0.0819. The van der Waals surface area contributed by atoms with Crippen molar-refractivity contribution in [3.63, 3.8) is 0 Å². The van der Waals surface area contributed by atoms with Crippen molar-refractivity contribution in [1.82, 2.24) is 4.90 Å². The molecule has 2 rings (SSSR count). The van der Waals surface area contributed by atoms with Crippen LogP contribution in [0.1, 0.15) is 18.4 Å². The molecule has 1 aliphatic rings. The predicted octanol–water partition coefficient (Wildman–Crippen LogP) is 2.43. The van der Waals surface area contributed by atoms with E-state index in [9.17, 15) is 9.59 Å². The van der Waals surface area contributed by atoms with Gasteiger partial charge in [0.15, 0.2) is 0 Å². The lowest BCUT2D eigenvalue weighted by molar-refractivity contribution is -0.143. The third-order valence-electron chi connectivity index (χ3n) is 2.86. The van der Waals surface area contributed by atoms with Crippen LogP contribution < -0.4 is 0 Å². The summed E-state index contributed by atoms with van der Waals surface area (Å²) in [5, 5.41) is 9.43. The Morgan fingerprint density at radius 3 is 2.47 bits per heavy atom. The van der Waals surface area contributed by atoms with Gasteiger partial charge in [0.2, 0.25) is 5.91 Å². The van der Waals surface area contributed by atoms with Crippen molar-refractivity contribution < 1.29 is 14.7 Å². The molecule has 100 valence electrons. The van der Waals surface area contributed by atoms with Gasteiger partial charge in [-0.1, -0.05) is 23.7 Å². The largest absolute Gasteiger partial charge is 0.480 e. The van der Waals surface area contributed by atoms with Crippen molar-refractivity contribution in [1.29, 1.82) is 0 Å². The van der Waals surface area contributed by atoms with Crippen molar-refractivity contribution in [2.75, 3.05) is 6.54 Å². The molecule has 1 N–H and O–H groups in total. The van der Waals surface area contributed by atoms with Crippen LogP contribution in [0.5, 0.6) is 0 Å². The lowest BCUT2D eigenvalue weighted by Gasteiger charge is -2.17. The summed E-state index contributed by atoms with van der Waals surface area (Å²) in [6.07, 6.45) is 4.84. The van der Waals surface area contributed by atoms with E-state index in [1.807, 2.05) is 0 Å². The third kappa shape index (κ3) is 4.10. The fourth-order valence-corrected chi connectivity index (χ4v) is 1.88. The average molecular weight is 280 g/mol. The van der Waals surface area contributed by atoms with Gasteiger partial charge in [0.1, 0.15) is 6.54 Å². The minimum Gasteiger partial charge on any atom is -0.480 e. The van der Waals surface area contributed by atoms with E-state index in [-0.39, 0.29) is 18.5 Å². The number of halogens is 1. The number of carbonyl (C=O) groups excluding carboxylic acids is 1. The molecule has 1 saturated carbocycles. The molecule has 1 amide bonds. The molecular formula is C14H14ClNO3. The van der Waals surface area contributed by atoms with Crippen LogP contribution in [0, 0.1) is 0 Å². The zero-order valence-corrected chi connectivity index (χ0v) is 11.0. The summed E-state index contributed by atoms with van der Waals surface area (Å²) in [5.41, 5.74) is 0.851. The van der Waals surface area contributed by atoms with Crippen molar-refractivity contribution in [3.8, 4) is 0 Å². The standard InChI is InChI=1S/C14H14ClNO3/c15-11-4-1-10(2-5-11)3-8-13(17)16(9-14(18)19)12-6-7-12/h1-5,8,12H,6-7,9H2,(H,18,19). The van der Waals surface area contributed by atoms with E-state index in [1.54, 1.807) is 30.3 Å². The molecule has 0 bridgehead atoms. The molecular weight excluding hydrogens is 266 g/mol. The average Bonchev–Trinajstić information content (AvgIpc) is 3.19. The molecule has 1 fully saturated rings. The molecule has 4 nitrogen and oxygen atoms in total. The number of hydrogen-bond donors (Lipinski definition) is 1. The Labute approximate surface area is 116 Å². The predicted molar refractivity (Wildman–Crippen MR) is 72.9 cm³/mol. The normalized spacial score (nSPS) is 14.6. The Bertz CT molecular complexity index is 506. The van der Waals surface area contributed by atoms with E-state index >= 15 is 0 Å². The lowest BCUT2D eigenvalue weighted by Crippen LogP contribution is -2.36. The molecule has 0 heterocycles. The zero-order chi connectivity index (χ0) is 13.8. The van der Waals surface area contributed by atoms with Gasteiger partial charge >= 0.3 is 5.97 Å². The number of carboxylic acids is 1.